The van der Waals surface area contributed by atoms with Crippen molar-refractivity contribution in [2.45, 2.75) is 68.2 Å². The fraction of sp³-hybridized carbons (Fsp3) is 0.462. The number of amides is 1. The quantitative estimate of drug-likeness (QED) is 0.362. The minimum Gasteiger partial charge on any atom is -0.484 e. The zero-order chi connectivity index (χ0) is 28.6. The molecule has 0 aromatic heterocycles. The Morgan fingerprint density at radius 3 is 2.13 bits per heavy atom. The van der Waals surface area contributed by atoms with E-state index in [0.29, 0.717) is 5.92 Å². The molecule has 1 atom stereocenters. The third-order valence-electron chi connectivity index (χ3n) is 6.97. The number of carbonyl (C=O) groups excluding carboxylic acids is 1. The summed E-state index contributed by atoms with van der Waals surface area (Å²) in [6.07, 6.45) is -2.83. The van der Waals surface area contributed by atoms with Gasteiger partial charge in [0.05, 0.1) is 5.71 Å². The van der Waals surface area contributed by atoms with Crippen LogP contribution in [-0.2, 0) is 4.79 Å². The molecule has 4 rings (SSSR count). The van der Waals surface area contributed by atoms with Gasteiger partial charge in [-0.05, 0) is 54.2 Å². The zero-order valence-corrected chi connectivity index (χ0v) is 21.1. The maximum absolute atomic E-state index is 14.9. The van der Waals surface area contributed by atoms with Crippen molar-refractivity contribution < 1.29 is 45.4 Å². The highest BCUT2D eigenvalue weighted by Gasteiger charge is 2.82. The first-order valence-corrected chi connectivity index (χ1v) is 12.5. The van der Waals surface area contributed by atoms with Gasteiger partial charge in [0, 0.05) is 11.4 Å². The summed E-state index contributed by atoms with van der Waals surface area (Å²) in [6, 6.07) is 11.6. The van der Waals surface area contributed by atoms with E-state index in [4.69, 9.17) is 16.3 Å². The number of alkyl halides is 7. The third-order valence-corrected chi connectivity index (χ3v) is 7.22. The van der Waals surface area contributed by atoms with E-state index in [1.54, 1.807) is 12.1 Å². The molecule has 5 nitrogen and oxygen atoms in total. The average Bonchev–Trinajstić information content (AvgIpc) is 3.27. The van der Waals surface area contributed by atoms with Crippen molar-refractivity contribution in [3.05, 3.63) is 64.7 Å². The van der Waals surface area contributed by atoms with Crippen LogP contribution in [0, 0.1) is 0 Å². The first-order chi connectivity index (χ1) is 18.2. The number of aliphatic hydroxyl groups is 1. The van der Waals surface area contributed by atoms with E-state index in [2.05, 4.69) is 5.10 Å². The molecule has 2 aromatic carbocycles. The number of hydrogen-bond donors (Lipinski definition) is 1. The molecule has 0 bridgehead atoms. The first-order valence-electron chi connectivity index (χ1n) is 12.1. The molecule has 1 aliphatic carbocycles. The number of ether oxygens (including phenoxy) is 1. The molecule has 2 aliphatic rings. The Kier molecular flexibility index (Phi) is 7.92. The van der Waals surface area contributed by atoms with Gasteiger partial charge in [-0.25, -0.2) is 0 Å². The second kappa shape index (κ2) is 10.6. The molecule has 2 aromatic rings. The van der Waals surface area contributed by atoms with Crippen LogP contribution >= 0.6 is 11.6 Å². The summed E-state index contributed by atoms with van der Waals surface area (Å²) in [5.41, 5.74) is -3.87. The number of benzene rings is 2. The average molecular weight is 581 g/mol. The van der Waals surface area contributed by atoms with Gasteiger partial charge in [0.2, 0.25) is 5.72 Å². The predicted molar refractivity (Wildman–Crippen MR) is 128 cm³/mol. The van der Waals surface area contributed by atoms with Gasteiger partial charge in [-0.3, -0.25) is 4.79 Å². The topological polar surface area (TPSA) is 62.1 Å². The van der Waals surface area contributed by atoms with Crippen molar-refractivity contribution >= 4 is 23.2 Å². The molecular formula is C26H24ClF7N2O3. The fourth-order valence-corrected chi connectivity index (χ4v) is 4.89. The van der Waals surface area contributed by atoms with Crippen LogP contribution in [0.5, 0.6) is 5.75 Å². The molecule has 0 radical (unpaired) electrons. The van der Waals surface area contributed by atoms with E-state index in [-0.39, 0.29) is 16.3 Å². The van der Waals surface area contributed by atoms with Crippen LogP contribution in [0.15, 0.2) is 53.6 Å². The first kappa shape index (κ1) is 29.1. The molecular weight excluding hydrogens is 557 g/mol. The van der Waals surface area contributed by atoms with Crippen molar-refractivity contribution in [2.24, 2.45) is 5.10 Å². The SMILES string of the molecule is O=C(COc1ccc(C2CCCCC2)cc1)N1N=C(c2ccc(Cl)cc2)C[C@@]1(O)C(F)(F)C(F)(F)C(F)(F)F. The van der Waals surface area contributed by atoms with E-state index < -0.39 is 53.4 Å². The van der Waals surface area contributed by atoms with E-state index in [0.717, 1.165) is 31.2 Å². The van der Waals surface area contributed by atoms with Gasteiger partial charge < -0.3 is 9.84 Å². The lowest BCUT2D eigenvalue weighted by Gasteiger charge is -2.41. The number of nitrogens with zero attached hydrogens (tertiary/aromatic N) is 2. The largest absolute Gasteiger partial charge is 0.484 e. The minimum absolute atomic E-state index is 0.0292. The van der Waals surface area contributed by atoms with E-state index in [9.17, 15) is 40.6 Å². The molecule has 1 amide bonds. The summed E-state index contributed by atoms with van der Waals surface area (Å²) in [5.74, 6) is -14.0. The van der Waals surface area contributed by atoms with Crippen molar-refractivity contribution in [1.29, 1.82) is 0 Å². The van der Waals surface area contributed by atoms with Gasteiger partial charge in [0.15, 0.2) is 6.61 Å². The Morgan fingerprint density at radius 1 is 0.974 bits per heavy atom. The number of halogens is 8. The highest BCUT2D eigenvalue weighted by Crippen LogP contribution is 2.54. The summed E-state index contributed by atoms with van der Waals surface area (Å²) >= 11 is 5.77. The van der Waals surface area contributed by atoms with Crippen LogP contribution < -0.4 is 4.74 Å². The highest BCUT2D eigenvalue weighted by molar-refractivity contribution is 6.30. The monoisotopic (exact) mass is 580 g/mol. The summed E-state index contributed by atoms with van der Waals surface area (Å²) in [5, 5.41) is 14.0. The standard InChI is InChI=1S/C26H24ClF7N2O3/c27-19-10-6-18(7-11-19)21-14-23(38,24(28,29)25(30,31)26(32,33)34)36(35-21)22(37)15-39-20-12-8-17(9-13-20)16-4-2-1-3-5-16/h6-13,16,38H,1-5,14-15H2/t23-/m1/s1. The Bertz CT molecular complexity index is 1210. The zero-order valence-electron chi connectivity index (χ0n) is 20.3. The lowest BCUT2D eigenvalue weighted by Crippen LogP contribution is -2.69. The molecule has 39 heavy (non-hydrogen) atoms. The van der Waals surface area contributed by atoms with Crippen molar-refractivity contribution in [2.75, 3.05) is 6.61 Å². The normalized spacial score (nSPS) is 21.2. The molecule has 1 N–H and O–H groups in total. The van der Waals surface area contributed by atoms with Crippen LogP contribution in [0.1, 0.15) is 55.6 Å². The van der Waals surface area contributed by atoms with Crippen molar-refractivity contribution in [1.82, 2.24) is 5.01 Å². The van der Waals surface area contributed by atoms with E-state index >= 15 is 0 Å². The van der Waals surface area contributed by atoms with Gasteiger partial charge >= 0.3 is 18.0 Å². The Balaban J connectivity index is 1.59. The Hall–Kier alpha value is -2.86. The maximum Gasteiger partial charge on any atom is 0.460 e. The van der Waals surface area contributed by atoms with Gasteiger partial charge in [-0.2, -0.15) is 40.8 Å². The second-order valence-electron chi connectivity index (χ2n) is 9.59. The molecule has 0 unspecified atom stereocenters. The van der Waals surface area contributed by atoms with Gasteiger partial charge in [-0.1, -0.05) is 55.1 Å². The van der Waals surface area contributed by atoms with Crippen molar-refractivity contribution in [3.8, 4) is 5.75 Å². The number of rotatable bonds is 7. The number of hydrogen-bond acceptors (Lipinski definition) is 4. The molecule has 212 valence electrons. The minimum atomic E-state index is -6.74. The van der Waals surface area contributed by atoms with E-state index in [1.807, 2.05) is 0 Å². The van der Waals surface area contributed by atoms with Crippen LogP contribution in [0.3, 0.4) is 0 Å². The molecule has 1 fully saturated rings. The number of carbonyl (C=O) groups is 1. The van der Waals surface area contributed by atoms with Crippen LogP contribution in [-0.4, -0.2) is 52.1 Å². The van der Waals surface area contributed by atoms with Crippen LogP contribution in [0.2, 0.25) is 5.02 Å². The summed E-state index contributed by atoms with van der Waals surface area (Å²) < 4.78 is 102. The van der Waals surface area contributed by atoms with Crippen LogP contribution in [0.25, 0.3) is 0 Å². The lowest BCUT2D eigenvalue weighted by atomic mass is 9.84. The molecule has 1 heterocycles. The summed E-state index contributed by atoms with van der Waals surface area (Å²) in [6.45, 7) is -1.07. The predicted octanol–water partition coefficient (Wildman–Crippen LogP) is 6.92. The summed E-state index contributed by atoms with van der Waals surface area (Å²) in [4.78, 5) is 12.9. The van der Waals surface area contributed by atoms with Gasteiger partial charge in [-0.15, -0.1) is 0 Å². The summed E-state index contributed by atoms with van der Waals surface area (Å²) in [7, 11) is 0. The third kappa shape index (κ3) is 5.45. The second-order valence-corrected chi connectivity index (χ2v) is 10.0. The number of hydrazone groups is 1. The highest BCUT2D eigenvalue weighted by atomic mass is 35.5. The fourth-order valence-electron chi connectivity index (χ4n) is 4.76. The molecule has 13 heteroatoms. The smallest absolute Gasteiger partial charge is 0.460 e. The molecule has 0 saturated heterocycles. The van der Waals surface area contributed by atoms with Crippen molar-refractivity contribution in [3.63, 3.8) is 0 Å². The molecule has 0 spiro atoms. The molecule has 1 saturated carbocycles. The van der Waals surface area contributed by atoms with Gasteiger partial charge in [0.25, 0.3) is 5.91 Å². The molecule has 1 aliphatic heterocycles. The van der Waals surface area contributed by atoms with Gasteiger partial charge in [0.1, 0.15) is 5.75 Å². The lowest BCUT2D eigenvalue weighted by molar-refractivity contribution is -0.401. The van der Waals surface area contributed by atoms with Crippen LogP contribution in [0.4, 0.5) is 30.7 Å². The maximum atomic E-state index is 14.9. The Labute approximate surface area is 224 Å². The van der Waals surface area contributed by atoms with E-state index in [1.165, 1.54) is 42.8 Å². The Morgan fingerprint density at radius 2 is 1.56 bits per heavy atom.